The van der Waals surface area contributed by atoms with E-state index in [0.29, 0.717) is 22.8 Å². The van der Waals surface area contributed by atoms with Gasteiger partial charge in [-0.3, -0.25) is 9.59 Å². The Labute approximate surface area is 253 Å². The fourth-order valence-corrected chi connectivity index (χ4v) is 5.10. The lowest BCUT2D eigenvalue weighted by molar-refractivity contribution is -0.121. The molecule has 6 rings (SSSR count). The Kier molecular flexibility index (Phi) is 7.55. The van der Waals surface area contributed by atoms with Gasteiger partial charge in [0, 0.05) is 11.1 Å². The molecule has 0 bridgehead atoms. The average molecular weight is 583 g/mol. The van der Waals surface area contributed by atoms with E-state index in [-0.39, 0.29) is 21.4 Å². The minimum Gasteiger partial charge on any atom is -0.266 e. The summed E-state index contributed by atoms with van der Waals surface area (Å²) in [5.41, 5.74) is 3.41. The topological polar surface area (TPSA) is 65.3 Å². The Hall–Kier alpha value is -5.18. The van der Waals surface area contributed by atoms with E-state index < -0.39 is 11.8 Å². The molecular formula is C34H22N4O2S2. The van der Waals surface area contributed by atoms with Gasteiger partial charge in [0.15, 0.2) is 9.98 Å². The van der Waals surface area contributed by atoms with Crippen molar-refractivity contribution in [3.8, 4) is 0 Å². The van der Waals surface area contributed by atoms with Crippen LogP contribution in [0.4, 0.5) is 0 Å². The highest BCUT2D eigenvalue weighted by atomic mass is 32.1. The van der Waals surface area contributed by atoms with E-state index in [0.717, 1.165) is 11.1 Å². The van der Waals surface area contributed by atoms with Crippen molar-refractivity contribution in [3.05, 3.63) is 155 Å². The molecule has 2 aliphatic heterocycles. The van der Waals surface area contributed by atoms with Gasteiger partial charge in [-0.05, 0) is 23.3 Å². The van der Waals surface area contributed by atoms with E-state index in [1.54, 1.807) is 12.2 Å². The molecular weight excluding hydrogens is 561 g/mol. The van der Waals surface area contributed by atoms with Crippen LogP contribution in [0, 0.1) is 0 Å². The predicted octanol–water partition coefficient (Wildman–Crippen LogP) is 6.30. The van der Waals surface area contributed by atoms with Crippen molar-refractivity contribution in [2.45, 2.75) is 0 Å². The van der Waals surface area contributed by atoms with Crippen LogP contribution in [0.3, 0.4) is 0 Å². The molecule has 2 amide bonds. The number of thiocarbonyl (C=S) groups is 2. The molecule has 6 nitrogen and oxygen atoms in total. The smallest absolute Gasteiger partial charge is 0.266 e. The standard InChI is InChI=1S/C34H22N4O2S2/c39-31-27(21-23-13-5-1-6-14-23)35-29(25-17-9-3-10-18-25)37(31)33(41)34(42)38-30(26-19-11-4-12-20-26)36-28(32(38)40)22-24-15-7-2-8-16-24/h1-22H/b27-21-,28-22+. The number of carbonyl (C=O) groups is 2. The third-order valence-corrected chi connectivity index (χ3v) is 7.46. The highest BCUT2D eigenvalue weighted by Crippen LogP contribution is 2.27. The number of carbonyl (C=O) groups excluding carboxylic acids is 2. The Morgan fingerprint density at radius 3 is 1.14 bits per heavy atom. The first-order valence-electron chi connectivity index (χ1n) is 13.1. The molecule has 202 valence electrons. The maximum atomic E-state index is 13.8. The lowest BCUT2D eigenvalue weighted by Gasteiger charge is -2.25. The van der Waals surface area contributed by atoms with Crippen molar-refractivity contribution in [2.75, 3.05) is 0 Å². The molecule has 4 aromatic carbocycles. The lowest BCUT2D eigenvalue weighted by atomic mass is 10.1. The van der Waals surface area contributed by atoms with Gasteiger partial charge in [0.2, 0.25) is 0 Å². The van der Waals surface area contributed by atoms with E-state index in [1.165, 1.54) is 9.80 Å². The number of benzene rings is 4. The second kappa shape index (κ2) is 11.7. The Bertz CT molecular complexity index is 1690. The number of hydrogen-bond acceptors (Lipinski definition) is 6. The Balaban J connectivity index is 1.40. The van der Waals surface area contributed by atoms with Crippen molar-refractivity contribution in [3.63, 3.8) is 0 Å². The third kappa shape index (κ3) is 5.28. The zero-order chi connectivity index (χ0) is 29.1. The van der Waals surface area contributed by atoms with Crippen LogP contribution in [0.2, 0.25) is 0 Å². The quantitative estimate of drug-likeness (QED) is 0.209. The van der Waals surface area contributed by atoms with E-state index >= 15 is 0 Å². The van der Waals surface area contributed by atoms with E-state index in [1.807, 2.05) is 121 Å². The molecule has 42 heavy (non-hydrogen) atoms. The van der Waals surface area contributed by atoms with Crippen molar-refractivity contribution >= 4 is 70.1 Å². The first kappa shape index (κ1) is 27.0. The maximum Gasteiger partial charge on any atom is 0.283 e. The molecule has 0 N–H and O–H groups in total. The molecule has 0 spiro atoms. The Morgan fingerprint density at radius 1 is 0.500 bits per heavy atom. The zero-order valence-corrected chi connectivity index (χ0v) is 23.8. The van der Waals surface area contributed by atoms with Crippen LogP contribution in [-0.2, 0) is 9.59 Å². The Morgan fingerprint density at radius 2 is 0.810 bits per heavy atom. The number of amides is 2. The normalized spacial score (nSPS) is 16.7. The first-order chi connectivity index (χ1) is 20.5. The molecule has 0 radical (unpaired) electrons. The van der Waals surface area contributed by atoms with Gasteiger partial charge in [-0.25, -0.2) is 19.8 Å². The van der Waals surface area contributed by atoms with Gasteiger partial charge in [-0.15, -0.1) is 0 Å². The van der Waals surface area contributed by atoms with Crippen molar-refractivity contribution in [2.24, 2.45) is 9.98 Å². The molecule has 0 saturated heterocycles. The average Bonchev–Trinajstić information content (AvgIpc) is 3.54. The summed E-state index contributed by atoms with van der Waals surface area (Å²) >= 11 is 11.7. The molecule has 4 aromatic rings. The minimum atomic E-state index is -0.435. The molecule has 0 fully saturated rings. The zero-order valence-electron chi connectivity index (χ0n) is 22.1. The fourth-order valence-electron chi connectivity index (χ4n) is 4.58. The maximum absolute atomic E-state index is 13.8. The number of hydrogen-bond donors (Lipinski definition) is 0. The largest absolute Gasteiger partial charge is 0.283 e. The van der Waals surface area contributed by atoms with Crippen molar-refractivity contribution in [1.29, 1.82) is 0 Å². The highest BCUT2D eigenvalue weighted by Gasteiger charge is 2.41. The summed E-state index contributed by atoms with van der Waals surface area (Å²) < 4.78 is 0. The van der Waals surface area contributed by atoms with Gasteiger partial charge in [0.1, 0.15) is 23.1 Å². The van der Waals surface area contributed by atoms with Gasteiger partial charge >= 0.3 is 0 Å². The van der Waals surface area contributed by atoms with Gasteiger partial charge in [0.05, 0.1) is 0 Å². The summed E-state index contributed by atoms with van der Waals surface area (Å²) in [6, 6.07) is 37.4. The molecule has 0 aliphatic carbocycles. The SMILES string of the molecule is O=C1/C(=C/c2ccccc2)N=C(c2ccccc2)N1C(=S)C(=S)N1C(=O)/C(=C\c2ccccc2)N=C1c1ccccc1. The summed E-state index contributed by atoms with van der Waals surface area (Å²) in [5, 5.41) is 0. The molecule has 8 heteroatoms. The van der Waals surface area contributed by atoms with E-state index in [4.69, 9.17) is 24.4 Å². The summed E-state index contributed by atoms with van der Waals surface area (Å²) in [7, 11) is 0. The number of amidine groups is 2. The van der Waals surface area contributed by atoms with E-state index in [9.17, 15) is 9.59 Å². The highest BCUT2D eigenvalue weighted by molar-refractivity contribution is 7.89. The third-order valence-electron chi connectivity index (χ3n) is 6.58. The molecule has 0 saturated carbocycles. The second-order valence-corrected chi connectivity index (χ2v) is 10.1. The van der Waals surface area contributed by atoms with Gasteiger partial charge in [0.25, 0.3) is 11.8 Å². The lowest BCUT2D eigenvalue weighted by Crippen LogP contribution is -2.49. The molecule has 2 heterocycles. The summed E-state index contributed by atoms with van der Waals surface area (Å²) in [6.45, 7) is 0. The van der Waals surface area contributed by atoms with Gasteiger partial charge in [-0.2, -0.15) is 0 Å². The molecule has 0 aromatic heterocycles. The van der Waals surface area contributed by atoms with Crippen LogP contribution in [0.5, 0.6) is 0 Å². The predicted molar refractivity (Wildman–Crippen MR) is 174 cm³/mol. The first-order valence-corrected chi connectivity index (χ1v) is 13.9. The molecule has 0 unspecified atom stereocenters. The summed E-state index contributed by atoms with van der Waals surface area (Å²) in [5.74, 6) is -0.204. The monoisotopic (exact) mass is 582 g/mol. The molecule has 2 aliphatic rings. The van der Waals surface area contributed by atoms with Gasteiger partial charge in [-0.1, -0.05) is 146 Å². The number of nitrogens with zero attached hydrogens (tertiary/aromatic N) is 4. The van der Waals surface area contributed by atoms with Crippen LogP contribution >= 0.6 is 24.4 Å². The van der Waals surface area contributed by atoms with Crippen LogP contribution in [0.25, 0.3) is 12.2 Å². The van der Waals surface area contributed by atoms with Crippen LogP contribution in [0.1, 0.15) is 22.3 Å². The van der Waals surface area contributed by atoms with Crippen LogP contribution in [-0.4, -0.2) is 43.3 Å². The summed E-state index contributed by atoms with van der Waals surface area (Å²) in [6.07, 6.45) is 3.41. The minimum absolute atomic E-state index is 0.0213. The number of aliphatic imine (C=N–C) groups is 2. The van der Waals surface area contributed by atoms with Gasteiger partial charge < -0.3 is 0 Å². The van der Waals surface area contributed by atoms with Crippen LogP contribution in [0.15, 0.2) is 143 Å². The number of rotatable bonds is 4. The summed E-state index contributed by atoms with van der Waals surface area (Å²) in [4.78, 5) is 39.6. The fraction of sp³-hybridized carbons (Fsp3) is 0. The molecule has 0 atom stereocenters. The van der Waals surface area contributed by atoms with Crippen LogP contribution < -0.4 is 0 Å². The van der Waals surface area contributed by atoms with E-state index in [2.05, 4.69) is 9.98 Å². The van der Waals surface area contributed by atoms with Crippen molar-refractivity contribution in [1.82, 2.24) is 9.80 Å². The van der Waals surface area contributed by atoms with Crippen molar-refractivity contribution < 1.29 is 9.59 Å². The second-order valence-electron chi connectivity index (χ2n) is 9.37.